The highest BCUT2D eigenvalue weighted by atomic mass is 32.2. The third-order valence-corrected chi connectivity index (χ3v) is 6.19. The zero-order valence-corrected chi connectivity index (χ0v) is 17.6. The second kappa shape index (κ2) is 8.62. The molecule has 1 heterocycles. The largest absolute Gasteiger partial charge is 0.493 e. The first-order valence-corrected chi connectivity index (χ1v) is 11.3. The van der Waals surface area contributed by atoms with Gasteiger partial charge in [0.2, 0.25) is 0 Å². The zero-order chi connectivity index (χ0) is 21.0. The van der Waals surface area contributed by atoms with Crippen LogP contribution in [-0.2, 0) is 21.2 Å². The molecule has 0 unspecified atom stereocenters. The third-order valence-electron chi connectivity index (χ3n) is 4.03. The van der Waals surface area contributed by atoms with Crippen molar-refractivity contribution in [1.82, 2.24) is 4.57 Å². The molecule has 0 N–H and O–H groups in total. The number of amides is 1. The molecule has 3 rings (SSSR count). The zero-order valence-electron chi connectivity index (χ0n) is 16.0. The van der Waals surface area contributed by atoms with Crippen molar-refractivity contribution in [1.29, 1.82) is 0 Å². The van der Waals surface area contributed by atoms with Crippen LogP contribution >= 0.6 is 11.3 Å². The van der Waals surface area contributed by atoms with Crippen LogP contribution in [0.25, 0.3) is 10.2 Å². The number of hydrogen-bond donors (Lipinski definition) is 0. The number of sulfone groups is 1. The van der Waals surface area contributed by atoms with Gasteiger partial charge in [-0.15, -0.1) is 6.58 Å². The van der Waals surface area contributed by atoms with Crippen LogP contribution in [0.4, 0.5) is 0 Å². The number of thiazole rings is 1. The van der Waals surface area contributed by atoms with Crippen molar-refractivity contribution in [3.63, 3.8) is 0 Å². The van der Waals surface area contributed by atoms with Crippen molar-refractivity contribution in [3.05, 3.63) is 59.9 Å². The summed E-state index contributed by atoms with van der Waals surface area (Å²) in [5.74, 6) is 0.507. The fourth-order valence-corrected chi connectivity index (χ4v) is 4.51. The Kier molecular flexibility index (Phi) is 6.19. The lowest BCUT2D eigenvalue weighted by Gasteiger charge is -2.08. The van der Waals surface area contributed by atoms with E-state index in [1.165, 1.54) is 18.4 Å². The number of carbonyl (C=O) groups excluding carboxylic acids is 1. The molecular formula is C20H20N2O5S2. The van der Waals surface area contributed by atoms with Gasteiger partial charge in [0.05, 0.1) is 22.2 Å². The number of rotatable bonds is 7. The minimum Gasteiger partial charge on any atom is -0.493 e. The molecule has 0 bridgehead atoms. The first-order chi connectivity index (χ1) is 13.8. The number of carbonyl (C=O) groups is 1. The summed E-state index contributed by atoms with van der Waals surface area (Å²) >= 11 is 1.23. The molecule has 1 amide bonds. The van der Waals surface area contributed by atoms with Gasteiger partial charge in [0.25, 0.3) is 5.91 Å². The number of ether oxygens (including phenoxy) is 2. The number of aromatic nitrogens is 1. The van der Waals surface area contributed by atoms with Crippen molar-refractivity contribution < 1.29 is 22.7 Å². The van der Waals surface area contributed by atoms with E-state index in [1.54, 1.807) is 53.1 Å². The van der Waals surface area contributed by atoms with Gasteiger partial charge in [-0.25, -0.2) is 8.42 Å². The molecule has 9 heteroatoms. The fourth-order valence-electron chi connectivity index (χ4n) is 2.69. The summed E-state index contributed by atoms with van der Waals surface area (Å²) in [7, 11) is -1.81. The van der Waals surface area contributed by atoms with Gasteiger partial charge in [0, 0.05) is 12.8 Å². The SMILES string of the molecule is C=CCn1c(=NC(=O)COc2ccccc2OC)sc2cc(S(C)(=O)=O)ccc21. The van der Waals surface area contributed by atoms with E-state index >= 15 is 0 Å². The van der Waals surface area contributed by atoms with Crippen LogP contribution in [0.15, 0.2) is 65.0 Å². The Morgan fingerprint density at radius 2 is 1.97 bits per heavy atom. The summed E-state index contributed by atoms with van der Waals surface area (Å²) in [5.41, 5.74) is 0.777. The van der Waals surface area contributed by atoms with E-state index in [2.05, 4.69) is 11.6 Å². The Bertz CT molecular complexity index is 1240. The molecule has 1 aromatic heterocycles. The number of allylic oxidation sites excluding steroid dienone is 1. The Hall–Kier alpha value is -2.91. The molecule has 152 valence electrons. The molecule has 7 nitrogen and oxygen atoms in total. The summed E-state index contributed by atoms with van der Waals surface area (Å²) in [6, 6.07) is 11.9. The lowest BCUT2D eigenvalue weighted by atomic mass is 10.3. The summed E-state index contributed by atoms with van der Waals surface area (Å²) in [4.78, 5) is 17.2. The van der Waals surface area contributed by atoms with Gasteiger partial charge in [-0.05, 0) is 30.3 Å². The Balaban J connectivity index is 1.94. The van der Waals surface area contributed by atoms with Crippen LogP contribution in [0, 0.1) is 0 Å². The number of nitrogens with zero attached hydrogens (tertiary/aromatic N) is 2. The standard InChI is InChI=1S/C20H20N2O5S2/c1-4-11-22-15-10-9-14(29(3,24)25)12-18(15)28-20(22)21-19(23)13-27-17-8-6-5-7-16(17)26-2/h4-10,12H,1,11,13H2,2-3H3. The highest BCUT2D eigenvalue weighted by Gasteiger charge is 2.13. The summed E-state index contributed by atoms with van der Waals surface area (Å²) in [6.07, 6.45) is 2.84. The minimum atomic E-state index is -3.33. The van der Waals surface area contributed by atoms with Gasteiger partial charge in [0.15, 0.2) is 32.7 Å². The first kappa shape index (κ1) is 20.8. The number of benzene rings is 2. The number of para-hydroxylation sites is 2. The molecule has 0 atom stereocenters. The monoisotopic (exact) mass is 432 g/mol. The molecule has 2 aromatic carbocycles. The molecule has 0 aliphatic carbocycles. The second-order valence-corrected chi connectivity index (χ2v) is 9.16. The van der Waals surface area contributed by atoms with Gasteiger partial charge in [-0.2, -0.15) is 4.99 Å². The highest BCUT2D eigenvalue weighted by Crippen LogP contribution is 2.25. The maximum Gasteiger partial charge on any atom is 0.286 e. The molecule has 0 saturated carbocycles. The van der Waals surface area contributed by atoms with Crippen molar-refractivity contribution >= 4 is 37.3 Å². The van der Waals surface area contributed by atoms with Crippen molar-refractivity contribution in [2.75, 3.05) is 20.0 Å². The van der Waals surface area contributed by atoms with E-state index < -0.39 is 15.7 Å². The fraction of sp³-hybridized carbons (Fsp3) is 0.200. The van der Waals surface area contributed by atoms with Gasteiger partial charge >= 0.3 is 0 Å². The Morgan fingerprint density at radius 1 is 1.24 bits per heavy atom. The van der Waals surface area contributed by atoms with Gasteiger partial charge in [0.1, 0.15) is 0 Å². The maximum atomic E-state index is 12.4. The van der Waals surface area contributed by atoms with Crippen molar-refractivity contribution in [2.45, 2.75) is 11.4 Å². The minimum absolute atomic E-state index is 0.217. The summed E-state index contributed by atoms with van der Waals surface area (Å²) < 4.78 is 36.9. The first-order valence-electron chi connectivity index (χ1n) is 8.61. The van der Waals surface area contributed by atoms with Crippen LogP contribution in [0.3, 0.4) is 0 Å². The predicted octanol–water partition coefficient (Wildman–Crippen LogP) is 2.81. The van der Waals surface area contributed by atoms with Gasteiger partial charge < -0.3 is 14.0 Å². The quantitative estimate of drug-likeness (QED) is 0.536. The Morgan fingerprint density at radius 3 is 2.62 bits per heavy atom. The lowest BCUT2D eigenvalue weighted by Crippen LogP contribution is -2.19. The number of hydrogen-bond acceptors (Lipinski definition) is 6. The van der Waals surface area contributed by atoms with Crippen molar-refractivity contribution in [3.8, 4) is 11.5 Å². The average Bonchev–Trinajstić information content (AvgIpc) is 3.02. The molecule has 0 radical (unpaired) electrons. The van der Waals surface area contributed by atoms with Crippen LogP contribution in [0.2, 0.25) is 0 Å². The van der Waals surface area contributed by atoms with E-state index in [0.29, 0.717) is 27.5 Å². The lowest BCUT2D eigenvalue weighted by molar-refractivity contribution is -0.120. The summed E-state index contributed by atoms with van der Waals surface area (Å²) in [6.45, 7) is 3.91. The Labute approximate surface area is 172 Å². The van der Waals surface area contributed by atoms with Gasteiger partial charge in [-0.1, -0.05) is 29.5 Å². The molecule has 0 spiro atoms. The third kappa shape index (κ3) is 4.75. The van der Waals surface area contributed by atoms with Crippen LogP contribution < -0.4 is 14.3 Å². The molecule has 0 saturated heterocycles. The van der Waals surface area contributed by atoms with E-state index in [4.69, 9.17) is 9.47 Å². The van der Waals surface area contributed by atoms with E-state index in [-0.39, 0.29) is 11.5 Å². The normalized spacial score (nSPS) is 12.1. The predicted molar refractivity (Wildman–Crippen MR) is 112 cm³/mol. The molecule has 29 heavy (non-hydrogen) atoms. The molecule has 0 fully saturated rings. The number of methoxy groups -OCH3 is 1. The van der Waals surface area contributed by atoms with Gasteiger partial charge in [-0.3, -0.25) is 4.79 Å². The smallest absolute Gasteiger partial charge is 0.286 e. The maximum absolute atomic E-state index is 12.4. The highest BCUT2D eigenvalue weighted by molar-refractivity contribution is 7.90. The molecule has 0 aliphatic rings. The second-order valence-electron chi connectivity index (χ2n) is 6.13. The molecule has 3 aromatic rings. The van der Waals surface area contributed by atoms with E-state index in [1.807, 2.05) is 0 Å². The van der Waals surface area contributed by atoms with Crippen molar-refractivity contribution in [2.24, 2.45) is 4.99 Å². The molecular weight excluding hydrogens is 412 g/mol. The van der Waals surface area contributed by atoms with E-state index in [0.717, 1.165) is 11.8 Å². The topological polar surface area (TPSA) is 87.0 Å². The van der Waals surface area contributed by atoms with Crippen LogP contribution in [0.5, 0.6) is 11.5 Å². The molecule has 0 aliphatic heterocycles. The summed E-state index contributed by atoms with van der Waals surface area (Å²) in [5, 5.41) is 0. The van der Waals surface area contributed by atoms with Crippen LogP contribution in [0.1, 0.15) is 0 Å². The number of fused-ring (bicyclic) bond motifs is 1. The van der Waals surface area contributed by atoms with E-state index in [9.17, 15) is 13.2 Å². The average molecular weight is 433 g/mol. The van der Waals surface area contributed by atoms with Crippen LogP contribution in [-0.4, -0.2) is 38.9 Å².